The molecule has 0 aliphatic rings. The molecule has 0 atom stereocenters. The van der Waals surface area contributed by atoms with Crippen LogP contribution in [0.5, 0.6) is 5.75 Å². The van der Waals surface area contributed by atoms with Gasteiger partial charge in [0.25, 0.3) is 5.91 Å². The van der Waals surface area contributed by atoms with Gasteiger partial charge in [-0.1, -0.05) is 19.1 Å². The number of benzene rings is 2. The van der Waals surface area contributed by atoms with Crippen molar-refractivity contribution in [3.63, 3.8) is 0 Å². The SMILES string of the molecule is CCCOc1ccc(C(=O)N/N=C/c2ccc(-c3ccc(C(=O)OCC)cc3)o2)cc1. The predicted octanol–water partition coefficient (Wildman–Crippen LogP) is 4.68. The molecule has 7 nitrogen and oxygen atoms in total. The first-order valence-electron chi connectivity index (χ1n) is 10.0. The van der Waals surface area contributed by atoms with Crippen molar-refractivity contribution in [2.75, 3.05) is 13.2 Å². The Hall–Kier alpha value is -3.87. The third-order valence-corrected chi connectivity index (χ3v) is 4.25. The van der Waals surface area contributed by atoms with Crippen LogP contribution in [-0.4, -0.2) is 31.3 Å². The monoisotopic (exact) mass is 420 g/mol. The summed E-state index contributed by atoms with van der Waals surface area (Å²) in [4.78, 5) is 23.9. The van der Waals surface area contributed by atoms with Crippen molar-refractivity contribution in [3.8, 4) is 17.1 Å². The first-order valence-corrected chi connectivity index (χ1v) is 10.0. The van der Waals surface area contributed by atoms with E-state index in [0.29, 0.717) is 35.9 Å². The molecule has 0 radical (unpaired) electrons. The van der Waals surface area contributed by atoms with Gasteiger partial charge in [-0.15, -0.1) is 0 Å². The Morgan fingerprint density at radius 3 is 2.35 bits per heavy atom. The number of nitrogens with zero attached hydrogens (tertiary/aromatic N) is 1. The number of carbonyl (C=O) groups excluding carboxylic acids is 2. The Bertz CT molecular complexity index is 1040. The number of esters is 1. The van der Waals surface area contributed by atoms with Crippen molar-refractivity contribution in [2.24, 2.45) is 5.10 Å². The van der Waals surface area contributed by atoms with E-state index < -0.39 is 0 Å². The highest BCUT2D eigenvalue weighted by Crippen LogP contribution is 2.22. The number of hydrogen-bond acceptors (Lipinski definition) is 6. The van der Waals surface area contributed by atoms with Crippen molar-refractivity contribution in [1.82, 2.24) is 5.43 Å². The van der Waals surface area contributed by atoms with E-state index in [-0.39, 0.29) is 11.9 Å². The summed E-state index contributed by atoms with van der Waals surface area (Å²) in [5.74, 6) is 1.12. The number of hydrazone groups is 1. The topological polar surface area (TPSA) is 90.1 Å². The molecule has 0 fully saturated rings. The van der Waals surface area contributed by atoms with Gasteiger partial charge >= 0.3 is 5.97 Å². The second-order valence-corrected chi connectivity index (χ2v) is 6.57. The molecule has 0 aliphatic heterocycles. The zero-order chi connectivity index (χ0) is 22.1. The summed E-state index contributed by atoms with van der Waals surface area (Å²) >= 11 is 0. The summed E-state index contributed by atoms with van der Waals surface area (Å²) in [6.45, 7) is 4.76. The second-order valence-electron chi connectivity index (χ2n) is 6.57. The summed E-state index contributed by atoms with van der Waals surface area (Å²) in [6, 6.07) is 17.3. The first kappa shape index (κ1) is 21.8. The Labute approximate surface area is 180 Å². The molecule has 3 rings (SSSR count). The number of carbonyl (C=O) groups is 2. The number of amides is 1. The van der Waals surface area contributed by atoms with Crippen LogP contribution in [0.3, 0.4) is 0 Å². The summed E-state index contributed by atoms with van der Waals surface area (Å²) in [5.41, 5.74) is 4.23. The van der Waals surface area contributed by atoms with Gasteiger partial charge in [0.1, 0.15) is 17.3 Å². The van der Waals surface area contributed by atoms with E-state index in [2.05, 4.69) is 10.5 Å². The highest BCUT2D eigenvalue weighted by molar-refractivity contribution is 5.94. The van der Waals surface area contributed by atoms with E-state index in [4.69, 9.17) is 13.9 Å². The van der Waals surface area contributed by atoms with E-state index >= 15 is 0 Å². The maximum Gasteiger partial charge on any atom is 0.338 e. The molecule has 1 amide bonds. The van der Waals surface area contributed by atoms with Crippen LogP contribution in [-0.2, 0) is 4.74 Å². The van der Waals surface area contributed by atoms with E-state index in [0.717, 1.165) is 17.7 Å². The van der Waals surface area contributed by atoms with Crippen LogP contribution in [0.15, 0.2) is 70.2 Å². The smallest absolute Gasteiger partial charge is 0.338 e. The zero-order valence-electron chi connectivity index (χ0n) is 17.5. The van der Waals surface area contributed by atoms with E-state index in [1.807, 2.05) is 6.92 Å². The molecule has 1 N–H and O–H groups in total. The van der Waals surface area contributed by atoms with Gasteiger partial charge in [-0.25, -0.2) is 10.2 Å². The van der Waals surface area contributed by atoms with Gasteiger partial charge < -0.3 is 13.9 Å². The lowest BCUT2D eigenvalue weighted by Crippen LogP contribution is -2.17. The van der Waals surface area contributed by atoms with Gasteiger partial charge in [-0.2, -0.15) is 5.10 Å². The maximum absolute atomic E-state index is 12.2. The van der Waals surface area contributed by atoms with Crippen LogP contribution < -0.4 is 10.2 Å². The quantitative estimate of drug-likeness (QED) is 0.308. The Balaban J connectivity index is 1.56. The number of rotatable bonds is 9. The predicted molar refractivity (Wildman–Crippen MR) is 117 cm³/mol. The van der Waals surface area contributed by atoms with Gasteiger partial charge in [-0.3, -0.25) is 4.79 Å². The molecule has 0 bridgehead atoms. The normalized spacial score (nSPS) is 10.8. The lowest BCUT2D eigenvalue weighted by molar-refractivity contribution is 0.0526. The third kappa shape index (κ3) is 6.05. The minimum absolute atomic E-state index is 0.330. The Morgan fingerprint density at radius 1 is 0.968 bits per heavy atom. The summed E-state index contributed by atoms with van der Waals surface area (Å²) in [5, 5.41) is 3.94. The summed E-state index contributed by atoms with van der Waals surface area (Å²) in [7, 11) is 0. The standard InChI is InChI=1S/C24H24N2O5/c1-3-15-30-20-11-9-18(10-12-20)23(27)26-25-16-21-13-14-22(31-21)17-5-7-19(8-6-17)24(28)29-4-2/h5-14,16H,3-4,15H2,1-2H3,(H,26,27)/b25-16+. The Morgan fingerprint density at radius 2 is 1.68 bits per heavy atom. The maximum atomic E-state index is 12.2. The molecule has 0 unspecified atom stereocenters. The summed E-state index contributed by atoms with van der Waals surface area (Å²) in [6.07, 6.45) is 2.34. The lowest BCUT2D eigenvalue weighted by atomic mass is 10.1. The number of nitrogens with one attached hydrogen (secondary N) is 1. The molecule has 7 heteroatoms. The van der Waals surface area contributed by atoms with E-state index in [1.165, 1.54) is 6.21 Å². The van der Waals surface area contributed by atoms with Crippen molar-refractivity contribution < 1.29 is 23.5 Å². The summed E-state index contributed by atoms with van der Waals surface area (Å²) < 4.78 is 16.2. The first-order chi connectivity index (χ1) is 15.1. The van der Waals surface area contributed by atoms with E-state index in [1.54, 1.807) is 67.6 Å². The number of hydrogen-bond donors (Lipinski definition) is 1. The van der Waals surface area contributed by atoms with Crippen molar-refractivity contribution >= 4 is 18.1 Å². The molecule has 31 heavy (non-hydrogen) atoms. The minimum Gasteiger partial charge on any atom is -0.494 e. The van der Waals surface area contributed by atoms with Crippen LogP contribution >= 0.6 is 0 Å². The van der Waals surface area contributed by atoms with Crippen molar-refractivity contribution in [3.05, 3.63) is 77.6 Å². The Kier molecular flexibility index (Phi) is 7.59. The zero-order valence-corrected chi connectivity index (χ0v) is 17.5. The number of ether oxygens (including phenoxy) is 2. The third-order valence-electron chi connectivity index (χ3n) is 4.25. The van der Waals surface area contributed by atoms with Crippen LogP contribution in [0.25, 0.3) is 11.3 Å². The molecular weight excluding hydrogens is 396 g/mol. The van der Waals surface area contributed by atoms with Crippen molar-refractivity contribution in [2.45, 2.75) is 20.3 Å². The lowest BCUT2D eigenvalue weighted by Gasteiger charge is -2.05. The fraction of sp³-hybridized carbons (Fsp3) is 0.208. The van der Waals surface area contributed by atoms with Gasteiger partial charge in [0, 0.05) is 11.1 Å². The van der Waals surface area contributed by atoms with Gasteiger partial charge in [0.05, 0.1) is 25.0 Å². The molecule has 0 saturated carbocycles. The van der Waals surface area contributed by atoms with Gasteiger partial charge in [-0.05, 0) is 61.9 Å². The molecule has 160 valence electrons. The molecule has 1 aromatic heterocycles. The van der Waals surface area contributed by atoms with Gasteiger partial charge in [0.2, 0.25) is 0 Å². The number of furan rings is 1. The molecule has 0 saturated heterocycles. The molecule has 0 aliphatic carbocycles. The van der Waals surface area contributed by atoms with Crippen LogP contribution in [0.4, 0.5) is 0 Å². The average Bonchev–Trinajstić information content (AvgIpc) is 3.27. The molecular formula is C24H24N2O5. The average molecular weight is 420 g/mol. The molecule has 0 spiro atoms. The van der Waals surface area contributed by atoms with Crippen molar-refractivity contribution in [1.29, 1.82) is 0 Å². The van der Waals surface area contributed by atoms with Crippen LogP contribution in [0.2, 0.25) is 0 Å². The second kappa shape index (κ2) is 10.8. The molecule has 1 heterocycles. The van der Waals surface area contributed by atoms with Crippen LogP contribution in [0, 0.1) is 0 Å². The molecule has 3 aromatic rings. The van der Waals surface area contributed by atoms with Crippen LogP contribution in [0.1, 0.15) is 46.7 Å². The fourth-order valence-corrected chi connectivity index (χ4v) is 2.70. The largest absolute Gasteiger partial charge is 0.494 e. The highest BCUT2D eigenvalue weighted by Gasteiger charge is 2.09. The van der Waals surface area contributed by atoms with Gasteiger partial charge in [0.15, 0.2) is 0 Å². The fourth-order valence-electron chi connectivity index (χ4n) is 2.70. The highest BCUT2D eigenvalue weighted by atomic mass is 16.5. The minimum atomic E-state index is -0.361. The van der Waals surface area contributed by atoms with E-state index in [9.17, 15) is 9.59 Å². The molecule has 2 aromatic carbocycles.